The second kappa shape index (κ2) is 17.7. The van der Waals surface area contributed by atoms with Gasteiger partial charge in [0.1, 0.15) is 39.8 Å². The summed E-state index contributed by atoms with van der Waals surface area (Å²) in [6.07, 6.45) is 3.08. The first-order valence-corrected chi connectivity index (χ1v) is 25.7. The van der Waals surface area contributed by atoms with Gasteiger partial charge in [-0.2, -0.15) is 5.11 Å². The highest BCUT2D eigenvalue weighted by Crippen LogP contribution is 2.42. The van der Waals surface area contributed by atoms with Crippen molar-refractivity contribution < 1.29 is 27.9 Å². The molecule has 0 bridgehead atoms. The molecule has 3 aliphatic rings. The summed E-state index contributed by atoms with van der Waals surface area (Å²) in [5.41, 5.74) is 12.4. The minimum atomic E-state index is -0.959. The van der Waals surface area contributed by atoms with Gasteiger partial charge in [0, 0.05) is 75.8 Å². The number of fused-ring (bicyclic) bond motifs is 9. The van der Waals surface area contributed by atoms with Crippen LogP contribution in [0.2, 0.25) is 5.02 Å². The van der Waals surface area contributed by atoms with Crippen molar-refractivity contribution >= 4 is 114 Å². The number of azo groups is 1. The molecule has 13 nitrogen and oxygen atoms in total. The fourth-order valence-corrected chi connectivity index (χ4v) is 11.1. The van der Waals surface area contributed by atoms with E-state index in [-0.39, 0.29) is 29.3 Å². The summed E-state index contributed by atoms with van der Waals surface area (Å²) in [5.74, 6) is -0.842. The van der Waals surface area contributed by atoms with Crippen LogP contribution in [0.15, 0.2) is 107 Å². The number of benzene rings is 5. The number of nitrogens with zero attached hydrogens (tertiary/aromatic N) is 5. The Morgan fingerprint density at radius 1 is 0.676 bits per heavy atom. The Morgan fingerprint density at radius 2 is 1.19 bits per heavy atom. The van der Waals surface area contributed by atoms with Crippen LogP contribution in [0.1, 0.15) is 85.0 Å². The number of aromatic amines is 3. The first-order chi connectivity index (χ1) is 33.1. The van der Waals surface area contributed by atoms with Crippen molar-refractivity contribution in [3.8, 4) is 0 Å². The monoisotopic (exact) mass is 964 g/mol. The zero-order chi connectivity index (χ0) is 46.8. The average Bonchev–Trinajstić information content (AvgIpc) is 4.21. The highest BCUT2D eigenvalue weighted by Gasteiger charge is 2.33. The van der Waals surface area contributed by atoms with Gasteiger partial charge >= 0.3 is 5.97 Å². The number of amides is 3. The van der Waals surface area contributed by atoms with Crippen molar-refractivity contribution in [3.63, 3.8) is 0 Å². The van der Waals surface area contributed by atoms with Gasteiger partial charge in [-0.05, 0) is 145 Å². The number of aromatic nitrogens is 3. The number of aryl methyl sites for hydroxylation is 1. The molecule has 0 fully saturated rings. The maximum absolute atomic E-state index is 14.3. The summed E-state index contributed by atoms with van der Waals surface area (Å²) in [6.45, 7) is 5.60. The first-order valence-electron chi connectivity index (χ1n) is 22.5. The molecule has 0 spiro atoms. The summed E-state index contributed by atoms with van der Waals surface area (Å²) < 4.78 is 17.7. The molecule has 3 aliphatic heterocycles. The average molecular weight is 965 g/mol. The molecule has 0 saturated carbocycles. The number of hydrogen-bond acceptors (Lipinski definition) is 7. The number of halogens is 2. The Labute approximate surface area is 398 Å². The fraction of sp³-hybridized carbons (Fsp3) is 0.216. The van der Waals surface area contributed by atoms with Crippen LogP contribution in [0.25, 0.3) is 32.7 Å². The van der Waals surface area contributed by atoms with Crippen molar-refractivity contribution in [1.82, 2.24) is 15.0 Å². The van der Waals surface area contributed by atoms with Gasteiger partial charge in [0.2, 0.25) is 5.91 Å². The van der Waals surface area contributed by atoms with Gasteiger partial charge in [0.15, 0.2) is 0 Å². The van der Waals surface area contributed by atoms with Crippen LogP contribution < -0.4 is 14.7 Å². The second-order valence-electron chi connectivity index (χ2n) is 17.5. The van der Waals surface area contributed by atoms with Gasteiger partial charge in [-0.3, -0.25) is 14.4 Å². The number of anilines is 3. The molecular formula is C51H44ClFN8O5P2. The van der Waals surface area contributed by atoms with Crippen LogP contribution in [0.4, 0.5) is 32.6 Å². The van der Waals surface area contributed by atoms with E-state index in [0.29, 0.717) is 73.1 Å². The number of H-pyrrole nitrogens is 3. The summed E-state index contributed by atoms with van der Waals surface area (Å²) in [7, 11) is -1.49. The highest BCUT2D eigenvalue weighted by molar-refractivity contribution is 8.07. The molecule has 3 aromatic heterocycles. The smallest absolute Gasteiger partial charge is 0.357 e. The third-order valence-electron chi connectivity index (χ3n) is 13.6. The van der Waals surface area contributed by atoms with Gasteiger partial charge in [-0.25, -0.2) is 8.99 Å². The SMILES string of the molecule is CCC(CC(=O)N1CCc2c1ccc1[nH]c(C(=O)N3CCc4c3ccc3[nH]c(C(=O)N5CCc6c5ccc5[nH]c(C(=O)OPPF)cc65)cc43)cc21)c1ccc(N=Nc2ccc(C)cc2Cl)cc1. The molecule has 5 aromatic carbocycles. The Kier molecular flexibility index (Phi) is 11.4. The molecule has 17 heteroatoms. The van der Waals surface area contributed by atoms with Crippen molar-refractivity contribution in [2.45, 2.75) is 51.9 Å². The topological polar surface area (TPSA) is 159 Å². The quantitative estimate of drug-likeness (QED) is 0.0868. The zero-order valence-electron chi connectivity index (χ0n) is 37.0. The van der Waals surface area contributed by atoms with E-state index < -0.39 is 23.0 Å². The molecule has 3 atom stereocenters. The zero-order valence-corrected chi connectivity index (χ0v) is 39.8. The van der Waals surface area contributed by atoms with E-state index in [2.05, 4.69) is 32.1 Å². The van der Waals surface area contributed by atoms with Gasteiger partial charge in [-0.1, -0.05) is 36.7 Å². The van der Waals surface area contributed by atoms with Crippen molar-refractivity contribution in [3.05, 3.63) is 147 Å². The minimum Gasteiger partial charge on any atom is -0.437 e. The lowest BCUT2D eigenvalue weighted by molar-refractivity contribution is -0.118. The maximum Gasteiger partial charge on any atom is 0.357 e. The predicted octanol–water partition coefficient (Wildman–Crippen LogP) is 12.6. The van der Waals surface area contributed by atoms with Crippen molar-refractivity contribution in [2.24, 2.45) is 10.2 Å². The second-order valence-corrected chi connectivity index (χ2v) is 19.7. The number of carbonyl (C=O) groups is 4. The molecule has 3 N–H and O–H groups in total. The predicted molar refractivity (Wildman–Crippen MR) is 269 cm³/mol. The largest absolute Gasteiger partial charge is 0.437 e. The van der Waals surface area contributed by atoms with Gasteiger partial charge in [0.25, 0.3) is 11.8 Å². The Bertz CT molecular complexity index is 3420. The van der Waals surface area contributed by atoms with Gasteiger partial charge < -0.3 is 34.2 Å². The third-order valence-corrected chi connectivity index (χ3v) is 14.8. The molecule has 0 saturated heterocycles. The Hall–Kier alpha value is -6.72. The number of nitrogens with one attached hydrogen (secondary N) is 3. The lowest BCUT2D eigenvalue weighted by Gasteiger charge is -2.21. The molecule has 8 aromatic rings. The Balaban J connectivity index is 0.777. The molecular weight excluding hydrogens is 921 g/mol. The van der Waals surface area contributed by atoms with Crippen LogP contribution in [-0.2, 0) is 28.6 Å². The highest BCUT2D eigenvalue weighted by atomic mass is 35.5. The van der Waals surface area contributed by atoms with E-state index in [0.717, 1.165) is 84.0 Å². The van der Waals surface area contributed by atoms with E-state index in [4.69, 9.17) is 16.1 Å². The summed E-state index contributed by atoms with van der Waals surface area (Å²) in [5, 5.41) is 11.9. The van der Waals surface area contributed by atoms with E-state index in [1.165, 1.54) is 0 Å². The van der Waals surface area contributed by atoms with Crippen LogP contribution in [0.5, 0.6) is 0 Å². The molecule has 68 heavy (non-hydrogen) atoms. The van der Waals surface area contributed by atoms with E-state index in [1.807, 2.05) is 103 Å². The number of hydrogen-bond donors (Lipinski definition) is 3. The molecule has 0 aliphatic carbocycles. The van der Waals surface area contributed by atoms with Crippen LogP contribution >= 0.6 is 28.7 Å². The standard InChI is InChI=1S/C51H44ClFN8O5P2/c1-3-28(29-5-7-30(8-6-29)57-58-41-9-4-27(2)22-37(41)52)23-48(62)59-19-16-31-34-24-42(54-38(34)10-13-45(31)59)49(63)60-20-17-32-35-25-43(55-39(35)11-14-46(32)60)50(64)61-21-18-33-36-26-44(51(65)66-68-67-53)56-40(36)12-15-47(33)61/h4-15,22,24-26,28,54-56,67-68H,3,16-21,23H2,1-2H3. The molecule has 342 valence electrons. The van der Waals surface area contributed by atoms with Crippen LogP contribution in [0.3, 0.4) is 0 Å². The lowest BCUT2D eigenvalue weighted by atomic mass is 9.92. The molecule has 6 heterocycles. The molecule has 3 unspecified atom stereocenters. The maximum atomic E-state index is 14.3. The number of carbonyl (C=O) groups excluding carboxylic acids is 4. The molecule has 3 amide bonds. The van der Waals surface area contributed by atoms with Gasteiger partial charge in [0.05, 0.1) is 10.7 Å². The van der Waals surface area contributed by atoms with Gasteiger partial charge in [-0.15, -0.1) is 5.11 Å². The fourth-order valence-electron chi connectivity index (χ4n) is 10.2. The van der Waals surface area contributed by atoms with E-state index in [9.17, 15) is 23.4 Å². The van der Waals surface area contributed by atoms with E-state index in [1.54, 1.807) is 15.9 Å². The number of rotatable bonds is 11. The minimum absolute atomic E-state index is 0.0262. The Morgan fingerprint density at radius 3 is 1.72 bits per heavy atom. The summed E-state index contributed by atoms with van der Waals surface area (Å²) in [6, 6.07) is 30.5. The van der Waals surface area contributed by atoms with Crippen LogP contribution in [-0.4, -0.2) is 58.3 Å². The molecule has 0 radical (unpaired) electrons. The normalized spacial score (nSPS) is 15.0. The first kappa shape index (κ1) is 43.8. The molecule has 11 rings (SSSR count). The van der Waals surface area contributed by atoms with E-state index >= 15 is 0 Å². The van der Waals surface area contributed by atoms with Crippen molar-refractivity contribution in [1.29, 1.82) is 0 Å². The van der Waals surface area contributed by atoms with Crippen molar-refractivity contribution in [2.75, 3.05) is 34.3 Å². The third kappa shape index (κ3) is 7.74. The van der Waals surface area contributed by atoms with Crippen LogP contribution in [0, 0.1) is 6.92 Å². The summed E-state index contributed by atoms with van der Waals surface area (Å²) in [4.78, 5) is 70.0. The lowest BCUT2D eigenvalue weighted by Crippen LogP contribution is -2.30. The summed E-state index contributed by atoms with van der Waals surface area (Å²) >= 11 is 6.33.